The van der Waals surface area contributed by atoms with Crippen LogP contribution in [0, 0.1) is 23.0 Å². The topological polar surface area (TPSA) is 97.6 Å². The fraction of sp³-hybridized carbons (Fsp3) is 0.647. The van der Waals surface area contributed by atoms with Gasteiger partial charge in [0.25, 0.3) is 5.69 Å². The number of hydrogen-bond donors (Lipinski definition) is 1. The summed E-state index contributed by atoms with van der Waals surface area (Å²) >= 11 is 0. The summed E-state index contributed by atoms with van der Waals surface area (Å²) in [6, 6.07) is 1.74. The monoisotopic (exact) mass is 348 g/mol. The van der Waals surface area contributed by atoms with Gasteiger partial charge < -0.3 is 15.0 Å². The van der Waals surface area contributed by atoms with E-state index in [2.05, 4.69) is 15.2 Å². The van der Waals surface area contributed by atoms with E-state index in [-0.39, 0.29) is 23.6 Å². The molecule has 1 aromatic rings. The lowest BCUT2D eigenvalue weighted by atomic mass is 9.97. The van der Waals surface area contributed by atoms with Crippen LogP contribution in [0.15, 0.2) is 12.3 Å². The highest BCUT2D eigenvalue weighted by Gasteiger charge is 2.27. The van der Waals surface area contributed by atoms with Crippen LogP contribution >= 0.6 is 0 Å². The summed E-state index contributed by atoms with van der Waals surface area (Å²) in [7, 11) is 0. The molecule has 1 N–H and O–H groups in total. The minimum absolute atomic E-state index is 0.0138. The van der Waals surface area contributed by atoms with Crippen molar-refractivity contribution >= 4 is 17.4 Å². The van der Waals surface area contributed by atoms with Crippen LogP contribution in [-0.2, 0) is 9.53 Å². The number of nitro groups is 1. The number of hydrogen-bond acceptors (Lipinski definition) is 6. The van der Waals surface area contributed by atoms with Crippen molar-refractivity contribution in [1.29, 1.82) is 0 Å². The number of carbonyl (C=O) groups is 1. The number of aromatic nitrogens is 1. The molecule has 2 aliphatic heterocycles. The van der Waals surface area contributed by atoms with Gasteiger partial charge in [-0.1, -0.05) is 0 Å². The van der Waals surface area contributed by atoms with Gasteiger partial charge >= 0.3 is 0 Å². The zero-order valence-corrected chi connectivity index (χ0v) is 14.4. The zero-order chi connectivity index (χ0) is 17.8. The lowest BCUT2D eigenvalue weighted by Gasteiger charge is -2.34. The third-order valence-electron chi connectivity index (χ3n) is 4.98. The third-order valence-corrected chi connectivity index (χ3v) is 4.98. The molecule has 0 radical (unpaired) electrons. The zero-order valence-electron chi connectivity index (χ0n) is 14.4. The Morgan fingerprint density at radius 3 is 2.60 bits per heavy atom. The van der Waals surface area contributed by atoms with E-state index < -0.39 is 4.92 Å². The van der Waals surface area contributed by atoms with Crippen molar-refractivity contribution in [2.75, 3.05) is 31.2 Å². The normalized spacial score (nSPS) is 19.6. The maximum absolute atomic E-state index is 12.3. The van der Waals surface area contributed by atoms with Gasteiger partial charge in [0.05, 0.1) is 4.92 Å². The number of anilines is 1. The number of nitrogens with zero attached hydrogens (tertiary/aromatic N) is 3. The molecule has 8 heteroatoms. The van der Waals surface area contributed by atoms with Crippen LogP contribution in [0.4, 0.5) is 11.5 Å². The number of nitrogens with one attached hydrogen (secondary N) is 1. The molecule has 8 nitrogen and oxygen atoms in total. The molecule has 0 spiro atoms. The predicted octanol–water partition coefficient (Wildman–Crippen LogP) is 1.81. The van der Waals surface area contributed by atoms with Gasteiger partial charge in [0.15, 0.2) is 0 Å². The Balaban J connectivity index is 1.53. The predicted molar refractivity (Wildman–Crippen MR) is 92.5 cm³/mol. The number of piperidine rings is 1. The molecule has 136 valence electrons. The van der Waals surface area contributed by atoms with Crippen LogP contribution in [0.5, 0.6) is 0 Å². The number of aryl methyl sites for hydroxylation is 1. The molecule has 0 atom stereocenters. The van der Waals surface area contributed by atoms with Gasteiger partial charge in [0.2, 0.25) is 5.91 Å². The van der Waals surface area contributed by atoms with Crippen LogP contribution in [-0.4, -0.2) is 48.2 Å². The summed E-state index contributed by atoms with van der Waals surface area (Å²) in [4.78, 5) is 29.1. The molecule has 0 aliphatic carbocycles. The molecule has 0 bridgehead atoms. The SMILES string of the molecule is Cc1cc([N+](=O)[O-])cnc1N1CCC(NC(=O)C2CCOCC2)CC1. The molecular weight excluding hydrogens is 324 g/mol. The average Bonchev–Trinajstić information content (AvgIpc) is 2.63. The lowest BCUT2D eigenvalue weighted by molar-refractivity contribution is -0.385. The van der Waals surface area contributed by atoms with E-state index in [1.54, 1.807) is 6.07 Å². The van der Waals surface area contributed by atoms with E-state index in [1.807, 2.05) is 6.92 Å². The molecule has 0 aromatic carbocycles. The fourth-order valence-electron chi connectivity index (χ4n) is 3.50. The van der Waals surface area contributed by atoms with Crippen molar-refractivity contribution in [3.05, 3.63) is 27.9 Å². The van der Waals surface area contributed by atoms with E-state index in [0.29, 0.717) is 13.2 Å². The summed E-state index contributed by atoms with van der Waals surface area (Å²) in [5.41, 5.74) is 0.818. The highest BCUT2D eigenvalue weighted by molar-refractivity contribution is 5.79. The van der Waals surface area contributed by atoms with E-state index in [1.165, 1.54) is 6.20 Å². The molecule has 0 unspecified atom stereocenters. The van der Waals surface area contributed by atoms with Crippen LogP contribution in [0.2, 0.25) is 0 Å². The summed E-state index contributed by atoms with van der Waals surface area (Å²) in [5, 5.41) is 14.0. The molecule has 2 fully saturated rings. The minimum atomic E-state index is -0.429. The molecule has 1 amide bonds. The fourth-order valence-corrected chi connectivity index (χ4v) is 3.50. The van der Waals surface area contributed by atoms with Crippen molar-refractivity contribution in [2.24, 2.45) is 5.92 Å². The van der Waals surface area contributed by atoms with E-state index in [4.69, 9.17) is 4.74 Å². The molecule has 2 aliphatic rings. The van der Waals surface area contributed by atoms with E-state index >= 15 is 0 Å². The smallest absolute Gasteiger partial charge is 0.287 e. The van der Waals surface area contributed by atoms with Gasteiger partial charge in [-0.3, -0.25) is 14.9 Å². The van der Waals surface area contributed by atoms with Crippen LogP contribution in [0.3, 0.4) is 0 Å². The second-order valence-electron chi connectivity index (χ2n) is 6.75. The van der Waals surface area contributed by atoms with Gasteiger partial charge in [-0.2, -0.15) is 0 Å². The Morgan fingerprint density at radius 1 is 1.32 bits per heavy atom. The molecule has 1 aromatic heterocycles. The van der Waals surface area contributed by atoms with E-state index in [0.717, 1.165) is 50.2 Å². The molecular formula is C17H24N4O4. The maximum atomic E-state index is 12.3. The molecule has 0 saturated carbocycles. The number of pyridine rings is 1. The third kappa shape index (κ3) is 4.25. The Hall–Kier alpha value is -2.22. The van der Waals surface area contributed by atoms with Gasteiger partial charge in [-0.05, 0) is 38.2 Å². The summed E-state index contributed by atoms with van der Waals surface area (Å²) in [6.45, 7) is 4.74. The quantitative estimate of drug-likeness (QED) is 0.658. The second kappa shape index (κ2) is 7.77. The number of amides is 1. The summed E-state index contributed by atoms with van der Waals surface area (Å²) < 4.78 is 5.30. The molecule has 25 heavy (non-hydrogen) atoms. The van der Waals surface area contributed by atoms with Crippen LogP contribution in [0.1, 0.15) is 31.2 Å². The summed E-state index contributed by atoms with van der Waals surface area (Å²) in [5.74, 6) is 1.01. The second-order valence-corrected chi connectivity index (χ2v) is 6.75. The largest absolute Gasteiger partial charge is 0.381 e. The van der Waals surface area contributed by atoms with Crippen molar-refractivity contribution in [2.45, 2.75) is 38.6 Å². The first-order chi connectivity index (χ1) is 12.0. The van der Waals surface area contributed by atoms with Crippen molar-refractivity contribution in [3.63, 3.8) is 0 Å². The number of carbonyl (C=O) groups excluding carboxylic acids is 1. The minimum Gasteiger partial charge on any atom is -0.381 e. The Labute approximate surface area is 146 Å². The Bertz CT molecular complexity index is 638. The van der Waals surface area contributed by atoms with Gasteiger partial charge in [0.1, 0.15) is 12.0 Å². The molecule has 3 heterocycles. The lowest BCUT2D eigenvalue weighted by Crippen LogP contribution is -2.47. The highest BCUT2D eigenvalue weighted by atomic mass is 16.6. The van der Waals surface area contributed by atoms with Crippen molar-refractivity contribution in [1.82, 2.24) is 10.3 Å². The van der Waals surface area contributed by atoms with E-state index in [9.17, 15) is 14.9 Å². The Kier molecular flexibility index (Phi) is 5.47. The average molecular weight is 348 g/mol. The standard InChI is InChI=1S/C17H24N4O4/c1-12-10-15(21(23)24)11-18-16(12)20-6-2-14(3-7-20)19-17(22)13-4-8-25-9-5-13/h10-11,13-14H,2-9H2,1H3,(H,19,22). The molecule has 2 saturated heterocycles. The first kappa shape index (κ1) is 17.6. The molecule has 3 rings (SSSR count). The van der Waals surface area contributed by atoms with Crippen LogP contribution in [0.25, 0.3) is 0 Å². The van der Waals surface area contributed by atoms with Crippen molar-refractivity contribution < 1.29 is 14.5 Å². The van der Waals surface area contributed by atoms with Crippen molar-refractivity contribution in [3.8, 4) is 0 Å². The first-order valence-corrected chi connectivity index (χ1v) is 8.78. The van der Waals surface area contributed by atoms with Gasteiger partial charge in [0, 0.05) is 44.3 Å². The number of rotatable bonds is 4. The van der Waals surface area contributed by atoms with Crippen LogP contribution < -0.4 is 10.2 Å². The Morgan fingerprint density at radius 2 is 2.00 bits per heavy atom. The first-order valence-electron chi connectivity index (χ1n) is 8.78. The number of ether oxygens (including phenoxy) is 1. The summed E-state index contributed by atoms with van der Waals surface area (Å²) in [6.07, 6.45) is 4.62. The highest BCUT2D eigenvalue weighted by Crippen LogP contribution is 2.25. The van der Waals surface area contributed by atoms with Gasteiger partial charge in [-0.15, -0.1) is 0 Å². The maximum Gasteiger partial charge on any atom is 0.287 e. The van der Waals surface area contributed by atoms with Gasteiger partial charge in [-0.25, -0.2) is 4.98 Å².